The molecule has 1 atom stereocenters. The van der Waals surface area contributed by atoms with E-state index < -0.39 is 0 Å². The van der Waals surface area contributed by atoms with Gasteiger partial charge in [-0.05, 0) is 31.0 Å². The number of amides is 1. The number of ether oxygens (including phenoxy) is 1. The maximum atomic E-state index is 12.1. The van der Waals surface area contributed by atoms with Gasteiger partial charge >= 0.3 is 0 Å². The van der Waals surface area contributed by atoms with E-state index >= 15 is 0 Å². The topological polar surface area (TPSA) is 50.4 Å². The minimum absolute atomic E-state index is 0. The van der Waals surface area contributed by atoms with Gasteiger partial charge in [-0.2, -0.15) is 0 Å². The Labute approximate surface area is 149 Å². The van der Waals surface area contributed by atoms with Gasteiger partial charge in [0.05, 0.1) is 0 Å². The van der Waals surface area contributed by atoms with Crippen molar-refractivity contribution < 1.29 is 9.53 Å². The molecule has 1 aliphatic rings. The standard InChI is InChI=1S/C19H22N2O2.ClH/c22-19(21-16-9-6-12-20-13-16)14-23-18-11-5-4-10-17(18)15-7-2-1-3-8-15;/h1-5,7-8,10-11,16,20H,6,9,12-14H2,(H,21,22);1H. The summed E-state index contributed by atoms with van der Waals surface area (Å²) in [6.07, 6.45) is 2.13. The van der Waals surface area contributed by atoms with E-state index in [9.17, 15) is 4.79 Å². The first-order valence-corrected chi connectivity index (χ1v) is 8.10. The molecule has 2 aromatic carbocycles. The van der Waals surface area contributed by atoms with Crippen molar-refractivity contribution in [2.45, 2.75) is 18.9 Å². The second-order valence-electron chi connectivity index (χ2n) is 5.76. The Bertz CT molecular complexity index is 643. The number of rotatable bonds is 5. The van der Waals surface area contributed by atoms with Crippen LogP contribution in [0.1, 0.15) is 12.8 Å². The number of halogens is 1. The number of carbonyl (C=O) groups is 1. The number of nitrogens with one attached hydrogen (secondary N) is 2. The van der Waals surface area contributed by atoms with Crippen molar-refractivity contribution >= 4 is 18.3 Å². The molecule has 0 aromatic heterocycles. The van der Waals surface area contributed by atoms with E-state index in [1.165, 1.54) is 0 Å². The monoisotopic (exact) mass is 346 g/mol. The lowest BCUT2D eigenvalue weighted by Gasteiger charge is -2.23. The van der Waals surface area contributed by atoms with Crippen LogP contribution in [0.5, 0.6) is 5.75 Å². The zero-order valence-electron chi connectivity index (χ0n) is 13.5. The molecule has 128 valence electrons. The Morgan fingerprint density at radius 2 is 1.88 bits per heavy atom. The third-order valence-electron chi connectivity index (χ3n) is 3.99. The van der Waals surface area contributed by atoms with Gasteiger partial charge in [0.2, 0.25) is 0 Å². The zero-order chi connectivity index (χ0) is 15.9. The van der Waals surface area contributed by atoms with Crippen molar-refractivity contribution in [3.8, 4) is 16.9 Å². The van der Waals surface area contributed by atoms with Crippen molar-refractivity contribution in [3.05, 3.63) is 54.6 Å². The molecule has 0 bridgehead atoms. The van der Waals surface area contributed by atoms with Gasteiger partial charge in [-0.3, -0.25) is 4.79 Å². The summed E-state index contributed by atoms with van der Waals surface area (Å²) in [4.78, 5) is 12.1. The van der Waals surface area contributed by atoms with Crippen LogP contribution in [0.2, 0.25) is 0 Å². The molecule has 0 radical (unpaired) electrons. The van der Waals surface area contributed by atoms with E-state index in [0.717, 1.165) is 42.8 Å². The van der Waals surface area contributed by atoms with Crippen LogP contribution in [0.15, 0.2) is 54.6 Å². The summed E-state index contributed by atoms with van der Waals surface area (Å²) in [7, 11) is 0. The summed E-state index contributed by atoms with van der Waals surface area (Å²) in [5, 5.41) is 6.31. The summed E-state index contributed by atoms with van der Waals surface area (Å²) in [6, 6.07) is 18.1. The number of benzene rings is 2. The first-order chi connectivity index (χ1) is 11.3. The lowest BCUT2D eigenvalue weighted by molar-refractivity contribution is -0.123. The van der Waals surface area contributed by atoms with Crippen molar-refractivity contribution in [1.29, 1.82) is 0 Å². The van der Waals surface area contributed by atoms with Gasteiger partial charge in [0.15, 0.2) is 6.61 Å². The number of piperidine rings is 1. The lowest BCUT2D eigenvalue weighted by atomic mass is 10.1. The number of para-hydroxylation sites is 1. The molecule has 0 spiro atoms. The van der Waals surface area contributed by atoms with Gasteiger partial charge in [-0.1, -0.05) is 48.5 Å². The number of hydrogen-bond acceptors (Lipinski definition) is 3. The smallest absolute Gasteiger partial charge is 0.258 e. The average Bonchev–Trinajstić information content (AvgIpc) is 2.62. The van der Waals surface area contributed by atoms with Crippen LogP contribution in [-0.2, 0) is 4.79 Å². The van der Waals surface area contributed by atoms with Crippen LogP contribution < -0.4 is 15.4 Å². The molecular weight excluding hydrogens is 324 g/mol. The first kappa shape index (κ1) is 18.3. The van der Waals surface area contributed by atoms with E-state index in [-0.39, 0.29) is 31.0 Å². The first-order valence-electron chi connectivity index (χ1n) is 8.10. The predicted octanol–water partition coefficient (Wildman–Crippen LogP) is 3.02. The van der Waals surface area contributed by atoms with Crippen LogP contribution in [0.3, 0.4) is 0 Å². The lowest BCUT2D eigenvalue weighted by Crippen LogP contribution is -2.47. The van der Waals surface area contributed by atoms with Crippen LogP contribution in [0.4, 0.5) is 0 Å². The fraction of sp³-hybridized carbons (Fsp3) is 0.316. The third-order valence-corrected chi connectivity index (χ3v) is 3.99. The maximum Gasteiger partial charge on any atom is 0.258 e. The molecule has 0 aliphatic carbocycles. The Balaban J connectivity index is 0.00000208. The minimum atomic E-state index is -0.0680. The molecule has 1 fully saturated rings. The van der Waals surface area contributed by atoms with Gasteiger partial charge < -0.3 is 15.4 Å². The molecule has 1 unspecified atom stereocenters. The Morgan fingerprint density at radius 3 is 2.62 bits per heavy atom. The maximum absolute atomic E-state index is 12.1. The molecule has 0 saturated carbocycles. The van der Waals surface area contributed by atoms with E-state index in [4.69, 9.17) is 4.74 Å². The third kappa shape index (κ3) is 4.98. The largest absolute Gasteiger partial charge is 0.483 e. The zero-order valence-corrected chi connectivity index (χ0v) is 14.4. The van der Waals surface area contributed by atoms with Gasteiger partial charge in [-0.25, -0.2) is 0 Å². The molecular formula is C19H23ClN2O2. The molecule has 1 amide bonds. The average molecular weight is 347 g/mol. The summed E-state index contributed by atoms with van der Waals surface area (Å²) < 4.78 is 5.76. The van der Waals surface area contributed by atoms with Crippen LogP contribution in [-0.4, -0.2) is 31.6 Å². The van der Waals surface area contributed by atoms with Crippen LogP contribution in [0.25, 0.3) is 11.1 Å². The second kappa shape index (κ2) is 9.30. The molecule has 4 nitrogen and oxygen atoms in total. The van der Waals surface area contributed by atoms with Crippen LogP contribution >= 0.6 is 12.4 Å². The highest BCUT2D eigenvalue weighted by Crippen LogP contribution is 2.29. The van der Waals surface area contributed by atoms with E-state index in [1.54, 1.807) is 0 Å². The minimum Gasteiger partial charge on any atom is -0.483 e. The van der Waals surface area contributed by atoms with Crippen LogP contribution in [0, 0.1) is 0 Å². The Hall–Kier alpha value is -2.04. The summed E-state index contributed by atoms with van der Waals surface area (Å²) in [6.45, 7) is 1.92. The number of hydrogen-bond donors (Lipinski definition) is 2. The van der Waals surface area contributed by atoms with Gasteiger partial charge in [0, 0.05) is 18.2 Å². The molecule has 1 saturated heterocycles. The van der Waals surface area contributed by atoms with Crippen molar-refractivity contribution in [3.63, 3.8) is 0 Å². The quantitative estimate of drug-likeness (QED) is 0.875. The molecule has 2 N–H and O–H groups in total. The highest BCUT2D eigenvalue weighted by Gasteiger charge is 2.16. The van der Waals surface area contributed by atoms with E-state index in [1.807, 2.05) is 54.6 Å². The van der Waals surface area contributed by atoms with Crippen molar-refractivity contribution in [1.82, 2.24) is 10.6 Å². The van der Waals surface area contributed by atoms with Gasteiger partial charge in [0.1, 0.15) is 5.75 Å². The molecule has 5 heteroatoms. The normalized spacial score (nSPS) is 16.8. The highest BCUT2D eigenvalue weighted by molar-refractivity contribution is 5.85. The number of carbonyl (C=O) groups excluding carboxylic acids is 1. The van der Waals surface area contributed by atoms with E-state index in [0.29, 0.717) is 0 Å². The fourth-order valence-electron chi connectivity index (χ4n) is 2.84. The molecule has 3 rings (SSSR count). The Morgan fingerprint density at radius 1 is 1.12 bits per heavy atom. The Kier molecular flexibility index (Phi) is 7.09. The van der Waals surface area contributed by atoms with Gasteiger partial charge in [-0.15, -0.1) is 12.4 Å². The highest BCUT2D eigenvalue weighted by atomic mass is 35.5. The van der Waals surface area contributed by atoms with Crippen molar-refractivity contribution in [2.24, 2.45) is 0 Å². The molecule has 24 heavy (non-hydrogen) atoms. The SMILES string of the molecule is Cl.O=C(COc1ccccc1-c1ccccc1)NC1CCCNC1. The predicted molar refractivity (Wildman–Crippen MR) is 98.7 cm³/mol. The molecule has 2 aromatic rings. The second-order valence-corrected chi connectivity index (χ2v) is 5.76. The summed E-state index contributed by atoms with van der Waals surface area (Å²) in [5.41, 5.74) is 2.08. The van der Waals surface area contributed by atoms with Crippen molar-refractivity contribution in [2.75, 3.05) is 19.7 Å². The van der Waals surface area contributed by atoms with Gasteiger partial charge in [0.25, 0.3) is 5.91 Å². The summed E-state index contributed by atoms with van der Waals surface area (Å²) >= 11 is 0. The molecule has 1 heterocycles. The molecule has 1 aliphatic heterocycles. The fourth-order valence-corrected chi connectivity index (χ4v) is 2.84. The summed E-state index contributed by atoms with van der Waals surface area (Å²) in [5.74, 6) is 0.664. The van der Waals surface area contributed by atoms with E-state index in [2.05, 4.69) is 10.6 Å².